The predicted octanol–water partition coefficient (Wildman–Crippen LogP) is 3.16. The van der Waals surface area contributed by atoms with Crippen molar-refractivity contribution < 1.29 is 8.81 Å². The first-order chi connectivity index (χ1) is 12.3. The molecule has 1 unspecified atom stereocenters. The van der Waals surface area contributed by atoms with E-state index in [1.165, 1.54) is 6.07 Å². The number of hydrogen-bond acceptors (Lipinski definition) is 3. The van der Waals surface area contributed by atoms with Crippen molar-refractivity contribution in [3.8, 4) is 0 Å². The molecule has 0 aliphatic rings. The van der Waals surface area contributed by atoms with Crippen LogP contribution >= 0.6 is 0 Å². The standard InChI is InChI=1S/C20H29FN4O/c1-20(2,15-8-6-9-16(21)12-15)14-24-19(22-3)23-13-17(25(4)5)18-10-7-11-26-18/h6-12,17H,13-14H2,1-5H3,(H2,22,23,24). The van der Waals surface area contributed by atoms with Gasteiger partial charge in [0, 0.05) is 25.6 Å². The number of likely N-dealkylation sites (N-methyl/N-ethyl adjacent to an activating group) is 1. The third-order valence-electron chi connectivity index (χ3n) is 4.49. The van der Waals surface area contributed by atoms with Crippen LogP contribution in [0.1, 0.15) is 31.2 Å². The van der Waals surface area contributed by atoms with Crippen molar-refractivity contribution in [3.05, 3.63) is 59.8 Å². The third kappa shape index (κ3) is 5.33. The van der Waals surface area contributed by atoms with Gasteiger partial charge in [0.1, 0.15) is 11.6 Å². The van der Waals surface area contributed by atoms with Crippen molar-refractivity contribution in [2.75, 3.05) is 34.2 Å². The van der Waals surface area contributed by atoms with Crippen molar-refractivity contribution >= 4 is 5.96 Å². The van der Waals surface area contributed by atoms with Crippen LogP contribution in [0.15, 0.2) is 52.1 Å². The molecule has 1 heterocycles. The molecule has 2 aromatic rings. The van der Waals surface area contributed by atoms with Gasteiger partial charge in [-0.1, -0.05) is 26.0 Å². The van der Waals surface area contributed by atoms with Gasteiger partial charge in [0.15, 0.2) is 5.96 Å². The number of benzene rings is 1. The van der Waals surface area contributed by atoms with E-state index in [-0.39, 0.29) is 17.3 Å². The van der Waals surface area contributed by atoms with E-state index in [4.69, 9.17) is 4.42 Å². The van der Waals surface area contributed by atoms with Gasteiger partial charge < -0.3 is 15.1 Å². The summed E-state index contributed by atoms with van der Waals surface area (Å²) >= 11 is 0. The second-order valence-corrected chi connectivity index (χ2v) is 7.20. The van der Waals surface area contributed by atoms with Gasteiger partial charge in [-0.25, -0.2) is 4.39 Å². The lowest BCUT2D eigenvalue weighted by atomic mass is 9.84. The minimum atomic E-state index is -0.234. The summed E-state index contributed by atoms with van der Waals surface area (Å²) in [7, 11) is 5.76. The zero-order valence-electron chi connectivity index (χ0n) is 16.2. The van der Waals surface area contributed by atoms with Crippen molar-refractivity contribution in [2.45, 2.75) is 25.3 Å². The monoisotopic (exact) mass is 360 g/mol. The molecular formula is C20H29FN4O. The van der Waals surface area contributed by atoms with Gasteiger partial charge in [-0.3, -0.25) is 9.89 Å². The van der Waals surface area contributed by atoms with Gasteiger partial charge in [0.05, 0.1) is 12.3 Å². The highest BCUT2D eigenvalue weighted by atomic mass is 19.1. The molecule has 0 aliphatic carbocycles. The normalized spacial score (nSPS) is 13.7. The highest BCUT2D eigenvalue weighted by Crippen LogP contribution is 2.23. The summed E-state index contributed by atoms with van der Waals surface area (Å²) in [4.78, 5) is 6.38. The largest absolute Gasteiger partial charge is 0.468 e. The Balaban J connectivity index is 1.95. The first-order valence-electron chi connectivity index (χ1n) is 8.74. The molecule has 6 heteroatoms. The summed E-state index contributed by atoms with van der Waals surface area (Å²) in [6, 6.07) is 10.7. The third-order valence-corrected chi connectivity index (χ3v) is 4.49. The summed E-state index contributed by atoms with van der Waals surface area (Å²) in [5.74, 6) is 1.39. The highest BCUT2D eigenvalue weighted by Gasteiger charge is 2.22. The Morgan fingerprint density at radius 2 is 2.00 bits per heavy atom. The molecule has 0 aliphatic heterocycles. The second kappa shape index (κ2) is 8.85. The zero-order valence-corrected chi connectivity index (χ0v) is 16.2. The van der Waals surface area contributed by atoms with E-state index in [0.717, 1.165) is 11.3 Å². The molecule has 1 aromatic carbocycles. The van der Waals surface area contributed by atoms with Gasteiger partial charge in [0.25, 0.3) is 0 Å². The number of rotatable bonds is 7. The number of furan rings is 1. The summed E-state index contributed by atoms with van der Waals surface area (Å²) in [6.07, 6.45) is 1.68. The van der Waals surface area contributed by atoms with Gasteiger partial charge >= 0.3 is 0 Å². The lowest BCUT2D eigenvalue weighted by Gasteiger charge is -2.28. The Bertz CT molecular complexity index is 710. The summed E-state index contributed by atoms with van der Waals surface area (Å²) in [5, 5.41) is 6.67. The molecule has 26 heavy (non-hydrogen) atoms. The Morgan fingerprint density at radius 3 is 2.58 bits per heavy atom. The van der Waals surface area contributed by atoms with Crippen LogP contribution in [0.3, 0.4) is 0 Å². The van der Waals surface area contributed by atoms with E-state index in [1.807, 2.05) is 32.3 Å². The summed E-state index contributed by atoms with van der Waals surface area (Å²) in [5.41, 5.74) is 0.712. The van der Waals surface area contributed by atoms with E-state index in [1.54, 1.807) is 25.4 Å². The molecule has 142 valence electrons. The molecular weight excluding hydrogens is 331 g/mol. The average molecular weight is 360 g/mol. The maximum absolute atomic E-state index is 13.5. The van der Waals surface area contributed by atoms with E-state index in [0.29, 0.717) is 19.0 Å². The van der Waals surface area contributed by atoms with Gasteiger partial charge in [-0.15, -0.1) is 0 Å². The zero-order chi connectivity index (χ0) is 19.2. The molecule has 0 spiro atoms. The van der Waals surface area contributed by atoms with E-state index in [2.05, 4.69) is 34.4 Å². The molecule has 2 rings (SSSR count). The highest BCUT2D eigenvalue weighted by molar-refractivity contribution is 5.79. The Morgan fingerprint density at radius 1 is 1.23 bits per heavy atom. The minimum Gasteiger partial charge on any atom is -0.468 e. The van der Waals surface area contributed by atoms with Crippen LogP contribution in [0.5, 0.6) is 0 Å². The fraction of sp³-hybridized carbons (Fsp3) is 0.450. The molecule has 0 saturated carbocycles. The maximum atomic E-state index is 13.5. The molecule has 1 aromatic heterocycles. The minimum absolute atomic E-state index is 0.0970. The second-order valence-electron chi connectivity index (χ2n) is 7.20. The van der Waals surface area contributed by atoms with Crippen molar-refractivity contribution in [1.29, 1.82) is 0 Å². The van der Waals surface area contributed by atoms with Crippen LogP contribution in [0.25, 0.3) is 0 Å². The lowest BCUT2D eigenvalue weighted by Crippen LogP contribution is -2.45. The van der Waals surface area contributed by atoms with E-state index in [9.17, 15) is 4.39 Å². The summed E-state index contributed by atoms with van der Waals surface area (Å²) < 4.78 is 19.0. The van der Waals surface area contributed by atoms with Gasteiger partial charge in [0.2, 0.25) is 0 Å². The number of nitrogens with zero attached hydrogens (tertiary/aromatic N) is 2. The number of hydrogen-bond donors (Lipinski definition) is 2. The fourth-order valence-electron chi connectivity index (χ4n) is 2.75. The quantitative estimate of drug-likeness (QED) is 0.588. The molecule has 0 bridgehead atoms. The number of aliphatic imine (C=N–C) groups is 1. The predicted molar refractivity (Wildman–Crippen MR) is 104 cm³/mol. The van der Waals surface area contributed by atoms with Gasteiger partial charge in [-0.2, -0.15) is 0 Å². The molecule has 2 N–H and O–H groups in total. The molecule has 0 saturated heterocycles. The molecule has 0 fully saturated rings. The Kier molecular flexibility index (Phi) is 6.80. The van der Waals surface area contributed by atoms with Crippen LogP contribution in [-0.4, -0.2) is 45.1 Å². The van der Waals surface area contributed by atoms with Crippen molar-refractivity contribution in [1.82, 2.24) is 15.5 Å². The first-order valence-corrected chi connectivity index (χ1v) is 8.74. The fourth-order valence-corrected chi connectivity index (χ4v) is 2.75. The van der Waals surface area contributed by atoms with Crippen LogP contribution in [0, 0.1) is 5.82 Å². The van der Waals surface area contributed by atoms with Crippen LogP contribution in [-0.2, 0) is 5.41 Å². The van der Waals surface area contributed by atoms with Crippen LogP contribution in [0.4, 0.5) is 4.39 Å². The van der Waals surface area contributed by atoms with Crippen molar-refractivity contribution in [3.63, 3.8) is 0 Å². The maximum Gasteiger partial charge on any atom is 0.191 e. The smallest absolute Gasteiger partial charge is 0.191 e. The SMILES string of the molecule is CN=C(NCC(c1ccco1)N(C)C)NCC(C)(C)c1cccc(F)c1. The lowest BCUT2D eigenvalue weighted by molar-refractivity contribution is 0.258. The topological polar surface area (TPSA) is 52.8 Å². The molecule has 0 radical (unpaired) electrons. The molecule has 5 nitrogen and oxygen atoms in total. The van der Waals surface area contributed by atoms with Gasteiger partial charge in [-0.05, 0) is 43.9 Å². The van der Waals surface area contributed by atoms with E-state index >= 15 is 0 Å². The molecule has 1 atom stereocenters. The summed E-state index contributed by atoms with van der Waals surface area (Å²) in [6.45, 7) is 5.44. The van der Waals surface area contributed by atoms with E-state index < -0.39 is 0 Å². The molecule has 0 amide bonds. The number of nitrogens with one attached hydrogen (secondary N) is 2. The number of guanidine groups is 1. The van der Waals surface area contributed by atoms with Crippen LogP contribution < -0.4 is 10.6 Å². The Labute approximate surface area is 155 Å². The average Bonchev–Trinajstić information content (AvgIpc) is 3.11. The van der Waals surface area contributed by atoms with Crippen LogP contribution in [0.2, 0.25) is 0 Å². The Hall–Kier alpha value is -2.34. The van der Waals surface area contributed by atoms with Crippen molar-refractivity contribution in [2.24, 2.45) is 4.99 Å². The first kappa shape index (κ1) is 20.0. The number of halogens is 1.